The Bertz CT molecular complexity index is 443. The number of fused-ring (bicyclic) bond motifs is 2. The van der Waals surface area contributed by atoms with E-state index in [1.54, 1.807) is 32.1 Å². The summed E-state index contributed by atoms with van der Waals surface area (Å²) in [6.07, 6.45) is 21.6. The summed E-state index contributed by atoms with van der Waals surface area (Å²) < 4.78 is 0. The molecule has 0 spiro atoms. The zero-order valence-corrected chi connectivity index (χ0v) is 16.5. The highest BCUT2D eigenvalue weighted by atomic mass is 16.1. The van der Waals surface area contributed by atoms with Crippen molar-refractivity contribution in [1.29, 1.82) is 0 Å². The summed E-state index contributed by atoms with van der Waals surface area (Å²) in [6.45, 7) is 2.36. The first-order valence-corrected chi connectivity index (χ1v) is 11.7. The van der Waals surface area contributed by atoms with Gasteiger partial charge in [-0.25, -0.2) is 0 Å². The number of aldehydes is 1. The van der Waals surface area contributed by atoms with E-state index in [1.165, 1.54) is 64.1 Å². The van der Waals surface area contributed by atoms with Crippen molar-refractivity contribution in [2.24, 2.45) is 47.3 Å². The van der Waals surface area contributed by atoms with Crippen LogP contribution in [-0.2, 0) is 4.79 Å². The van der Waals surface area contributed by atoms with Gasteiger partial charge in [-0.15, -0.1) is 0 Å². The molecule has 0 aromatic carbocycles. The lowest BCUT2D eigenvalue weighted by molar-refractivity contribution is -0.113. The topological polar surface area (TPSA) is 17.1 Å². The summed E-state index contributed by atoms with van der Waals surface area (Å²) in [7, 11) is 0. The van der Waals surface area contributed by atoms with Crippen LogP contribution >= 0.6 is 0 Å². The molecule has 4 fully saturated rings. The van der Waals surface area contributed by atoms with E-state index < -0.39 is 0 Å². The Hall–Kier alpha value is -0.330. The Kier molecular flexibility index (Phi) is 5.87. The van der Waals surface area contributed by atoms with E-state index in [1.807, 2.05) is 0 Å². The first-order chi connectivity index (χ1) is 12.3. The maximum Gasteiger partial charge on any atom is 0.123 e. The fourth-order valence-electron chi connectivity index (χ4n) is 7.63. The monoisotopic (exact) mass is 344 g/mol. The van der Waals surface area contributed by atoms with Crippen LogP contribution in [-0.4, -0.2) is 6.29 Å². The minimum absolute atomic E-state index is 0.395. The van der Waals surface area contributed by atoms with Gasteiger partial charge in [-0.3, -0.25) is 0 Å². The average molecular weight is 345 g/mol. The molecule has 142 valence electrons. The summed E-state index contributed by atoms with van der Waals surface area (Å²) >= 11 is 0. The van der Waals surface area contributed by atoms with Crippen molar-refractivity contribution in [2.75, 3.05) is 0 Å². The van der Waals surface area contributed by atoms with Gasteiger partial charge in [0, 0.05) is 5.92 Å². The van der Waals surface area contributed by atoms with Crippen molar-refractivity contribution in [3.05, 3.63) is 0 Å². The van der Waals surface area contributed by atoms with Gasteiger partial charge < -0.3 is 4.79 Å². The Morgan fingerprint density at radius 2 is 1.12 bits per heavy atom. The zero-order chi connectivity index (χ0) is 17.2. The molecule has 4 saturated carbocycles. The molecule has 0 saturated heterocycles. The number of hydrogen-bond acceptors (Lipinski definition) is 1. The van der Waals surface area contributed by atoms with Gasteiger partial charge in [0.2, 0.25) is 0 Å². The molecular formula is C24H40O. The fourth-order valence-corrected chi connectivity index (χ4v) is 7.63. The zero-order valence-electron chi connectivity index (χ0n) is 16.5. The highest BCUT2D eigenvalue weighted by Gasteiger charge is 2.41. The van der Waals surface area contributed by atoms with Crippen molar-refractivity contribution >= 4 is 6.29 Å². The van der Waals surface area contributed by atoms with E-state index in [0.717, 1.165) is 41.4 Å². The van der Waals surface area contributed by atoms with Crippen LogP contribution in [0.5, 0.6) is 0 Å². The van der Waals surface area contributed by atoms with Crippen molar-refractivity contribution < 1.29 is 4.79 Å². The summed E-state index contributed by atoms with van der Waals surface area (Å²) in [4.78, 5) is 11.1. The smallest absolute Gasteiger partial charge is 0.123 e. The van der Waals surface area contributed by atoms with Crippen LogP contribution in [0.2, 0.25) is 0 Å². The molecule has 0 aromatic heterocycles. The summed E-state index contributed by atoms with van der Waals surface area (Å²) in [5.41, 5.74) is 0. The van der Waals surface area contributed by atoms with Crippen LogP contribution in [0.15, 0.2) is 0 Å². The van der Waals surface area contributed by atoms with Gasteiger partial charge in [0.25, 0.3) is 0 Å². The van der Waals surface area contributed by atoms with Crippen molar-refractivity contribution in [2.45, 2.75) is 96.8 Å². The first kappa shape index (κ1) is 18.1. The van der Waals surface area contributed by atoms with Gasteiger partial charge in [0.15, 0.2) is 0 Å². The molecule has 0 radical (unpaired) electrons. The Morgan fingerprint density at radius 1 is 0.640 bits per heavy atom. The van der Waals surface area contributed by atoms with E-state index in [0.29, 0.717) is 5.92 Å². The highest BCUT2D eigenvalue weighted by molar-refractivity contribution is 5.53. The van der Waals surface area contributed by atoms with Crippen molar-refractivity contribution in [3.8, 4) is 0 Å². The third-order valence-electron chi connectivity index (χ3n) is 9.01. The molecule has 1 heteroatoms. The third-order valence-corrected chi connectivity index (χ3v) is 9.01. The molecule has 0 aliphatic heterocycles. The van der Waals surface area contributed by atoms with E-state index >= 15 is 0 Å². The maximum absolute atomic E-state index is 11.1. The lowest BCUT2D eigenvalue weighted by Crippen LogP contribution is -2.37. The van der Waals surface area contributed by atoms with Crippen LogP contribution in [0.1, 0.15) is 96.8 Å². The minimum atomic E-state index is 0.395. The Labute approximate surface area is 155 Å². The molecule has 0 amide bonds. The van der Waals surface area contributed by atoms with E-state index in [9.17, 15) is 4.79 Å². The maximum atomic E-state index is 11.1. The van der Waals surface area contributed by atoms with Gasteiger partial charge in [-0.1, -0.05) is 26.2 Å². The first-order valence-electron chi connectivity index (χ1n) is 11.7. The molecule has 25 heavy (non-hydrogen) atoms. The van der Waals surface area contributed by atoms with E-state index in [2.05, 4.69) is 6.92 Å². The van der Waals surface area contributed by atoms with Gasteiger partial charge in [-0.2, -0.15) is 0 Å². The second-order valence-electron chi connectivity index (χ2n) is 10.4. The van der Waals surface area contributed by atoms with Gasteiger partial charge in [-0.05, 0) is 112 Å². The molecule has 4 aliphatic rings. The molecule has 8 atom stereocenters. The van der Waals surface area contributed by atoms with Crippen LogP contribution in [0.25, 0.3) is 0 Å². The van der Waals surface area contributed by atoms with E-state index in [4.69, 9.17) is 0 Å². The summed E-state index contributed by atoms with van der Waals surface area (Å²) in [5, 5.41) is 0. The molecule has 1 nitrogen and oxygen atoms in total. The number of hydrogen-bond donors (Lipinski definition) is 0. The summed E-state index contributed by atoms with van der Waals surface area (Å²) in [5.74, 6) is 7.56. The number of carbonyl (C=O) groups excluding carboxylic acids is 1. The third kappa shape index (κ3) is 4.01. The fraction of sp³-hybridized carbons (Fsp3) is 0.958. The largest absolute Gasteiger partial charge is 0.303 e. The van der Waals surface area contributed by atoms with Gasteiger partial charge >= 0.3 is 0 Å². The second kappa shape index (κ2) is 8.13. The Morgan fingerprint density at radius 3 is 1.68 bits per heavy atom. The van der Waals surface area contributed by atoms with Gasteiger partial charge in [0.1, 0.15) is 6.29 Å². The summed E-state index contributed by atoms with van der Waals surface area (Å²) in [6, 6.07) is 0. The molecule has 4 rings (SSSR count). The Balaban J connectivity index is 1.29. The van der Waals surface area contributed by atoms with Crippen LogP contribution < -0.4 is 0 Å². The molecule has 4 aliphatic carbocycles. The molecule has 8 unspecified atom stereocenters. The predicted molar refractivity (Wildman–Crippen MR) is 104 cm³/mol. The SMILES string of the molecule is CCCC1CCC2CC(C3CCC4CC(C=O)CCC4C3)CCC2C1. The highest BCUT2D eigenvalue weighted by Crippen LogP contribution is 2.52. The van der Waals surface area contributed by atoms with E-state index in [-0.39, 0.29) is 0 Å². The van der Waals surface area contributed by atoms with Crippen molar-refractivity contribution in [1.82, 2.24) is 0 Å². The lowest BCUT2D eigenvalue weighted by atomic mass is 9.58. The standard InChI is InChI=1S/C24H40O/c1-2-3-17-4-6-21-14-23(10-8-19(21)12-17)24-11-9-20-13-18(16-25)5-7-22(20)15-24/h16-24H,2-15H2,1H3. The average Bonchev–Trinajstić information content (AvgIpc) is 2.67. The predicted octanol–water partition coefficient (Wildman–Crippen LogP) is 6.65. The number of rotatable bonds is 4. The quantitative estimate of drug-likeness (QED) is 0.522. The molecule has 0 heterocycles. The molecule has 0 aromatic rings. The van der Waals surface area contributed by atoms with Crippen molar-refractivity contribution in [3.63, 3.8) is 0 Å². The lowest BCUT2D eigenvalue weighted by Gasteiger charge is -2.48. The van der Waals surface area contributed by atoms with Crippen LogP contribution in [0, 0.1) is 47.3 Å². The van der Waals surface area contributed by atoms with Crippen LogP contribution in [0.3, 0.4) is 0 Å². The second-order valence-corrected chi connectivity index (χ2v) is 10.4. The molecule has 0 bridgehead atoms. The number of carbonyl (C=O) groups is 1. The normalized spacial score (nSPS) is 47.6. The van der Waals surface area contributed by atoms with Gasteiger partial charge in [0.05, 0.1) is 0 Å². The van der Waals surface area contributed by atoms with Crippen LogP contribution in [0.4, 0.5) is 0 Å². The minimum Gasteiger partial charge on any atom is -0.303 e. The molecule has 0 N–H and O–H groups in total. The molecular weight excluding hydrogens is 304 g/mol.